The summed E-state index contributed by atoms with van der Waals surface area (Å²) in [6.45, 7) is 0. The number of nitrogens with one attached hydrogen (secondary N) is 1. The van der Waals surface area contributed by atoms with Gasteiger partial charge >= 0.3 is 5.97 Å². The Morgan fingerprint density at radius 1 is 0.957 bits per heavy atom. The fraction of sp³-hybridized carbons (Fsp3) is 0.263. The van der Waals surface area contributed by atoms with E-state index in [-0.39, 0.29) is 12.3 Å². The summed E-state index contributed by atoms with van der Waals surface area (Å²) in [6, 6.07) is 17.8. The smallest absolute Gasteiger partial charge is 0.329 e. The Bertz CT molecular complexity index is 703. The van der Waals surface area contributed by atoms with Crippen LogP contribution in [-0.2, 0) is 16.0 Å². The number of carboxylic acid groups (broad SMARTS) is 1. The van der Waals surface area contributed by atoms with Crippen molar-refractivity contribution < 1.29 is 14.7 Å². The van der Waals surface area contributed by atoms with Gasteiger partial charge in [-0.3, -0.25) is 4.79 Å². The highest BCUT2D eigenvalue weighted by atomic mass is 16.4. The Morgan fingerprint density at radius 2 is 1.57 bits per heavy atom. The third-order valence-corrected chi connectivity index (χ3v) is 4.42. The molecule has 0 aromatic heterocycles. The molecule has 0 atom stereocenters. The van der Waals surface area contributed by atoms with E-state index in [0.29, 0.717) is 12.8 Å². The lowest BCUT2D eigenvalue weighted by atomic mass is 9.76. The van der Waals surface area contributed by atoms with Crippen LogP contribution in [0.3, 0.4) is 0 Å². The summed E-state index contributed by atoms with van der Waals surface area (Å²) in [7, 11) is 0. The molecular weight excluding hydrogens is 290 g/mol. The minimum Gasteiger partial charge on any atom is -0.480 e. The average molecular weight is 309 g/mol. The van der Waals surface area contributed by atoms with Crippen LogP contribution in [0.25, 0.3) is 11.1 Å². The van der Waals surface area contributed by atoms with Gasteiger partial charge in [-0.25, -0.2) is 4.79 Å². The first-order chi connectivity index (χ1) is 11.1. The maximum atomic E-state index is 12.1. The summed E-state index contributed by atoms with van der Waals surface area (Å²) in [6.07, 6.45) is 2.07. The van der Waals surface area contributed by atoms with Crippen LogP contribution in [0.5, 0.6) is 0 Å². The van der Waals surface area contributed by atoms with Gasteiger partial charge in [-0.15, -0.1) is 0 Å². The van der Waals surface area contributed by atoms with Crippen LogP contribution in [0.15, 0.2) is 54.6 Å². The second-order valence-electron chi connectivity index (χ2n) is 6.03. The highest BCUT2D eigenvalue weighted by Crippen LogP contribution is 2.32. The van der Waals surface area contributed by atoms with E-state index in [2.05, 4.69) is 5.32 Å². The van der Waals surface area contributed by atoms with Crippen molar-refractivity contribution in [2.45, 2.75) is 31.2 Å². The molecule has 3 rings (SSSR count). The SMILES string of the molecule is O=C(Cc1ccc(-c2ccccc2)cc1)NC1(C(=O)O)CCC1. The lowest BCUT2D eigenvalue weighted by Gasteiger charge is -2.38. The molecule has 0 aliphatic heterocycles. The number of hydrogen-bond acceptors (Lipinski definition) is 2. The Balaban J connectivity index is 1.64. The molecule has 2 N–H and O–H groups in total. The van der Waals surface area contributed by atoms with Gasteiger partial charge in [0.15, 0.2) is 0 Å². The van der Waals surface area contributed by atoms with Crippen LogP contribution in [0.2, 0.25) is 0 Å². The fourth-order valence-corrected chi connectivity index (χ4v) is 2.86. The zero-order chi connectivity index (χ0) is 16.3. The molecule has 1 fully saturated rings. The largest absolute Gasteiger partial charge is 0.480 e. The van der Waals surface area contributed by atoms with E-state index in [4.69, 9.17) is 0 Å². The third kappa shape index (κ3) is 3.26. The Kier molecular flexibility index (Phi) is 4.15. The molecule has 1 amide bonds. The van der Waals surface area contributed by atoms with Crippen molar-refractivity contribution in [1.82, 2.24) is 5.32 Å². The number of carbonyl (C=O) groups is 2. The van der Waals surface area contributed by atoms with E-state index in [1.807, 2.05) is 54.6 Å². The zero-order valence-corrected chi connectivity index (χ0v) is 12.8. The molecule has 2 aromatic carbocycles. The third-order valence-electron chi connectivity index (χ3n) is 4.42. The van der Waals surface area contributed by atoms with Gasteiger partial charge in [0.1, 0.15) is 5.54 Å². The van der Waals surface area contributed by atoms with E-state index >= 15 is 0 Å². The van der Waals surface area contributed by atoms with Crippen LogP contribution in [-0.4, -0.2) is 22.5 Å². The predicted molar refractivity (Wildman–Crippen MR) is 87.9 cm³/mol. The molecule has 0 spiro atoms. The van der Waals surface area contributed by atoms with E-state index < -0.39 is 11.5 Å². The molecule has 1 aliphatic rings. The standard InChI is InChI=1S/C19H19NO3/c21-17(20-19(18(22)23)11-4-12-19)13-14-7-9-16(10-8-14)15-5-2-1-3-6-15/h1-3,5-10H,4,11-13H2,(H,20,21)(H,22,23). The molecule has 2 aromatic rings. The maximum absolute atomic E-state index is 12.1. The summed E-state index contributed by atoms with van der Waals surface area (Å²) in [5.74, 6) is -1.17. The Labute approximate surface area is 135 Å². The van der Waals surface area contributed by atoms with Gasteiger partial charge in [0.25, 0.3) is 0 Å². The summed E-state index contributed by atoms with van der Waals surface area (Å²) < 4.78 is 0. The Hall–Kier alpha value is -2.62. The molecule has 0 bridgehead atoms. The van der Waals surface area contributed by atoms with Crippen LogP contribution in [0, 0.1) is 0 Å². The van der Waals surface area contributed by atoms with Gasteiger partial charge < -0.3 is 10.4 Å². The lowest BCUT2D eigenvalue weighted by Crippen LogP contribution is -2.59. The van der Waals surface area contributed by atoms with Gasteiger partial charge in [-0.05, 0) is 36.0 Å². The van der Waals surface area contributed by atoms with Gasteiger partial charge in [0.2, 0.25) is 5.91 Å². The first-order valence-corrected chi connectivity index (χ1v) is 7.78. The van der Waals surface area contributed by atoms with Crippen molar-refractivity contribution in [3.63, 3.8) is 0 Å². The van der Waals surface area contributed by atoms with Crippen LogP contribution in [0.4, 0.5) is 0 Å². The number of benzene rings is 2. The maximum Gasteiger partial charge on any atom is 0.329 e. The number of carboxylic acids is 1. The van der Waals surface area contributed by atoms with Crippen LogP contribution in [0.1, 0.15) is 24.8 Å². The van der Waals surface area contributed by atoms with Crippen molar-refractivity contribution in [3.8, 4) is 11.1 Å². The highest BCUT2D eigenvalue weighted by Gasteiger charge is 2.45. The molecule has 0 saturated heterocycles. The number of hydrogen-bond donors (Lipinski definition) is 2. The number of rotatable bonds is 5. The zero-order valence-electron chi connectivity index (χ0n) is 12.8. The van der Waals surface area contributed by atoms with Crippen molar-refractivity contribution in [2.24, 2.45) is 0 Å². The van der Waals surface area contributed by atoms with Crippen LogP contribution >= 0.6 is 0 Å². The Morgan fingerprint density at radius 3 is 2.09 bits per heavy atom. The summed E-state index contributed by atoms with van der Waals surface area (Å²) in [4.78, 5) is 23.4. The molecule has 0 unspecified atom stereocenters. The van der Waals surface area contributed by atoms with E-state index in [0.717, 1.165) is 23.1 Å². The van der Waals surface area contributed by atoms with Crippen molar-refractivity contribution >= 4 is 11.9 Å². The number of amides is 1. The molecule has 0 heterocycles. The molecule has 1 saturated carbocycles. The van der Waals surface area contributed by atoms with Crippen molar-refractivity contribution in [2.75, 3.05) is 0 Å². The normalized spacial score (nSPS) is 15.5. The topological polar surface area (TPSA) is 66.4 Å². The van der Waals surface area contributed by atoms with E-state index in [9.17, 15) is 14.7 Å². The molecule has 118 valence electrons. The minimum atomic E-state index is -1.04. The molecule has 0 radical (unpaired) electrons. The first-order valence-electron chi connectivity index (χ1n) is 7.78. The average Bonchev–Trinajstić information content (AvgIpc) is 2.52. The van der Waals surface area contributed by atoms with Gasteiger partial charge in [-0.1, -0.05) is 54.6 Å². The first kappa shape index (κ1) is 15.3. The fourth-order valence-electron chi connectivity index (χ4n) is 2.86. The van der Waals surface area contributed by atoms with Gasteiger partial charge in [0.05, 0.1) is 6.42 Å². The second-order valence-corrected chi connectivity index (χ2v) is 6.03. The molecule has 1 aliphatic carbocycles. The van der Waals surface area contributed by atoms with E-state index in [1.54, 1.807) is 0 Å². The van der Waals surface area contributed by atoms with Crippen LogP contribution < -0.4 is 5.32 Å². The van der Waals surface area contributed by atoms with Crippen molar-refractivity contribution in [3.05, 3.63) is 60.2 Å². The minimum absolute atomic E-state index is 0.199. The molecule has 23 heavy (non-hydrogen) atoms. The predicted octanol–water partition coefficient (Wildman–Crippen LogP) is 3.02. The molecule has 4 nitrogen and oxygen atoms in total. The second kappa shape index (κ2) is 6.24. The summed E-state index contributed by atoms with van der Waals surface area (Å²) in [5, 5.41) is 11.9. The summed E-state index contributed by atoms with van der Waals surface area (Å²) >= 11 is 0. The highest BCUT2D eigenvalue weighted by molar-refractivity contribution is 5.88. The van der Waals surface area contributed by atoms with Crippen molar-refractivity contribution in [1.29, 1.82) is 0 Å². The monoisotopic (exact) mass is 309 g/mol. The summed E-state index contributed by atoms with van der Waals surface area (Å²) in [5.41, 5.74) is 2.06. The van der Waals surface area contributed by atoms with E-state index in [1.165, 1.54) is 0 Å². The molecular formula is C19H19NO3. The van der Waals surface area contributed by atoms with Gasteiger partial charge in [-0.2, -0.15) is 0 Å². The van der Waals surface area contributed by atoms with Gasteiger partial charge in [0, 0.05) is 0 Å². The lowest BCUT2D eigenvalue weighted by molar-refractivity contribution is -0.151. The quantitative estimate of drug-likeness (QED) is 0.892. The number of carbonyl (C=O) groups excluding carboxylic acids is 1. The molecule has 4 heteroatoms. The number of aliphatic carboxylic acids is 1.